The molecular weight excluding hydrogens is 530 g/mol. The number of nitro benzene ring substituents is 1. The molecule has 0 radical (unpaired) electrons. The number of carbonyl (C=O) groups excluding carboxylic acids is 1. The van der Waals surface area contributed by atoms with Crippen LogP contribution in [0.4, 0.5) is 17.1 Å². The Morgan fingerprint density at radius 1 is 1.00 bits per heavy atom. The standard InChI is InChI=1S/C29H23N5O5S/c35-27(19-8-10-24(25(16-19)34(36)37)33-12-14-38-15-13-33)32-29(40)30-20-9-11-26-23(17-20)31-28(39-26)22-7-3-5-18-4-1-2-6-21(18)22/h1-11,16-17H,12-15H2,(H2,30,32,35,40). The molecule has 1 saturated heterocycles. The topological polar surface area (TPSA) is 123 Å². The van der Waals surface area contributed by atoms with Crippen LogP contribution in [-0.2, 0) is 4.74 Å². The highest BCUT2D eigenvalue weighted by atomic mass is 32.1. The Labute approximate surface area is 233 Å². The molecule has 1 aromatic heterocycles. The number of benzene rings is 4. The number of hydrogen-bond acceptors (Lipinski definition) is 8. The van der Waals surface area contributed by atoms with Crippen LogP contribution in [0.25, 0.3) is 33.3 Å². The lowest BCUT2D eigenvalue weighted by molar-refractivity contribution is -0.384. The van der Waals surface area contributed by atoms with Crippen molar-refractivity contribution < 1.29 is 18.9 Å². The summed E-state index contributed by atoms with van der Waals surface area (Å²) in [6, 6.07) is 23.7. The number of anilines is 2. The van der Waals surface area contributed by atoms with Gasteiger partial charge in [-0.15, -0.1) is 0 Å². The third-order valence-corrected chi connectivity index (χ3v) is 6.88. The number of fused-ring (bicyclic) bond motifs is 2. The third kappa shape index (κ3) is 5.07. The van der Waals surface area contributed by atoms with Crippen LogP contribution in [0.5, 0.6) is 0 Å². The number of morpholine rings is 1. The maximum Gasteiger partial charge on any atom is 0.293 e. The molecular formula is C29H23N5O5S. The maximum absolute atomic E-state index is 12.9. The van der Waals surface area contributed by atoms with Gasteiger partial charge in [-0.25, -0.2) is 4.98 Å². The maximum atomic E-state index is 12.9. The molecule has 0 bridgehead atoms. The van der Waals surface area contributed by atoms with E-state index in [0.29, 0.717) is 54.7 Å². The van der Waals surface area contributed by atoms with Crippen molar-refractivity contribution in [2.75, 3.05) is 36.5 Å². The summed E-state index contributed by atoms with van der Waals surface area (Å²) in [5.41, 5.74) is 3.15. The Kier molecular flexibility index (Phi) is 6.81. The van der Waals surface area contributed by atoms with E-state index in [9.17, 15) is 14.9 Å². The van der Waals surface area contributed by atoms with Gasteiger partial charge in [-0.3, -0.25) is 20.2 Å². The predicted octanol–water partition coefficient (Wildman–Crippen LogP) is 5.52. The van der Waals surface area contributed by atoms with Crippen LogP contribution in [0, 0.1) is 10.1 Å². The van der Waals surface area contributed by atoms with Crippen molar-refractivity contribution in [1.82, 2.24) is 10.3 Å². The number of nitro groups is 1. The van der Waals surface area contributed by atoms with E-state index in [1.807, 2.05) is 47.4 Å². The minimum atomic E-state index is -0.560. The molecule has 0 saturated carbocycles. The number of nitrogens with one attached hydrogen (secondary N) is 2. The molecule has 4 aromatic carbocycles. The first kappa shape index (κ1) is 25.4. The van der Waals surface area contributed by atoms with Crippen molar-refractivity contribution in [3.63, 3.8) is 0 Å². The van der Waals surface area contributed by atoms with Gasteiger partial charge in [0, 0.05) is 36.0 Å². The summed E-state index contributed by atoms with van der Waals surface area (Å²) in [5, 5.41) is 19.5. The first-order chi connectivity index (χ1) is 19.5. The first-order valence-corrected chi connectivity index (χ1v) is 13.0. The summed E-state index contributed by atoms with van der Waals surface area (Å²) in [5.74, 6) is -0.0585. The van der Waals surface area contributed by atoms with Gasteiger partial charge in [0.25, 0.3) is 11.6 Å². The summed E-state index contributed by atoms with van der Waals surface area (Å²) >= 11 is 5.34. The number of thiocarbonyl (C=S) groups is 1. The number of hydrogen-bond donors (Lipinski definition) is 2. The molecule has 10 nitrogen and oxygen atoms in total. The van der Waals surface area contributed by atoms with Crippen molar-refractivity contribution >= 4 is 62.2 Å². The fraction of sp³-hybridized carbons (Fsp3) is 0.138. The fourth-order valence-electron chi connectivity index (χ4n) is 4.75. The Balaban J connectivity index is 1.17. The number of amides is 1. The molecule has 5 aromatic rings. The van der Waals surface area contributed by atoms with Gasteiger partial charge in [-0.05, 0) is 59.4 Å². The summed E-state index contributed by atoms with van der Waals surface area (Å²) in [4.78, 5) is 30.7. The van der Waals surface area contributed by atoms with E-state index in [0.717, 1.165) is 16.3 Å². The van der Waals surface area contributed by atoms with Gasteiger partial charge in [-0.1, -0.05) is 36.4 Å². The Bertz CT molecular complexity index is 1770. The average Bonchev–Trinajstić information content (AvgIpc) is 3.40. The van der Waals surface area contributed by atoms with E-state index in [1.165, 1.54) is 6.07 Å². The zero-order valence-electron chi connectivity index (χ0n) is 21.1. The van der Waals surface area contributed by atoms with Crippen molar-refractivity contribution in [3.8, 4) is 11.5 Å². The highest BCUT2D eigenvalue weighted by Gasteiger charge is 2.23. The highest BCUT2D eigenvalue weighted by Crippen LogP contribution is 2.32. The Hall–Kier alpha value is -4.87. The van der Waals surface area contributed by atoms with Crippen LogP contribution in [0.1, 0.15) is 10.4 Å². The van der Waals surface area contributed by atoms with E-state index in [2.05, 4.69) is 15.6 Å². The van der Waals surface area contributed by atoms with Crippen LogP contribution in [0.15, 0.2) is 83.3 Å². The van der Waals surface area contributed by atoms with Crippen molar-refractivity contribution in [1.29, 1.82) is 0 Å². The first-order valence-electron chi connectivity index (χ1n) is 12.6. The Morgan fingerprint density at radius 2 is 1.80 bits per heavy atom. The molecule has 6 rings (SSSR count). The van der Waals surface area contributed by atoms with Gasteiger partial charge >= 0.3 is 0 Å². The molecule has 1 aliphatic heterocycles. The van der Waals surface area contributed by atoms with E-state index in [1.54, 1.807) is 30.3 Å². The average molecular weight is 554 g/mol. The van der Waals surface area contributed by atoms with Crippen molar-refractivity contribution in [3.05, 3.63) is 94.5 Å². The predicted molar refractivity (Wildman–Crippen MR) is 157 cm³/mol. The molecule has 0 aliphatic carbocycles. The van der Waals surface area contributed by atoms with Gasteiger partial charge in [0.2, 0.25) is 5.89 Å². The van der Waals surface area contributed by atoms with E-state index < -0.39 is 10.8 Å². The van der Waals surface area contributed by atoms with Crippen LogP contribution in [-0.4, -0.2) is 47.2 Å². The fourth-order valence-corrected chi connectivity index (χ4v) is 4.96. The third-order valence-electron chi connectivity index (χ3n) is 6.68. The smallest absolute Gasteiger partial charge is 0.293 e. The number of nitrogens with zero attached hydrogens (tertiary/aromatic N) is 3. The number of rotatable bonds is 5. The lowest BCUT2D eigenvalue weighted by Crippen LogP contribution is -2.37. The molecule has 0 unspecified atom stereocenters. The molecule has 11 heteroatoms. The molecule has 2 heterocycles. The number of ether oxygens (including phenoxy) is 1. The minimum absolute atomic E-state index is 0.0435. The SMILES string of the molecule is O=C(NC(=S)Nc1ccc2oc(-c3cccc4ccccc34)nc2c1)c1ccc(N2CCOCC2)c([N+](=O)[O-])c1. The quantitative estimate of drug-likeness (QED) is 0.165. The van der Waals surface area contributed by atoms with Crippen LogP contribution in [0.3, 0.4) is 0 Å². The summed E-state index contributed by atoms with van der Waals surface area (Å²) in [6.45, 7) is 2.06. The molecule has 0 spiro atoms. The molecule has 1 aliphatic rings. The van der Waals surface area contributed by atoms with Gasteiger partial charge in [0.1, 0.15) is 11.2 Å². The molecule has 1 amide bonds. The second-order valence-corrected chi connectivity index (χ2v) is 9.60. The van der Waals surface area contributed by atoms with Crippen molar-refractivity contribution in [2.24, 2.45) is 0 Å². The number of aromatic nitrogens is 1. The minimum Gasteiger partial charge on any atom is -0.436 e. The lowest BCUT2D eigenvalue weighted by Gasteiger charge is -2.28. The van der Waals surface area contributed by atoms with Gasteiger partial charge in [0.05, 0.1) is 18.1 Å². The lowest BCUT2D eigenvalue weighted by atomic mass is 10.0. The van der Waals surface area contributed by atoms with E-state index >= 15 is 0 Å². The molecule has 1 fully saturated rings. The van der Waals surface area contributed by atoms with Gasteiger partial charge in [-0.2, -0.15) is 0 Å². The Morgan fingerprint density at radius 3 is 2.62 bits per heavy atom. The number of oxazole rings is 1. The second kappa shape index (κ2) is 10.7. The summed E-state index contributed by atoms with van der Waals surface area (Å²) in [6.07, 6.45) is 0. The van der Waals surface area contributed by atoms with Crippen LogP contribution < -0.4 is 15.5 Å². The van der Waals surface area contributed by atoms with E-state index in [4.69, 9.17) is 21.4 Å². The van der Waals surface area contributed by atoms with Crippen LogP contribution in [0.2, 0.25) is 0 Å². The highest BCUT2D eigenvalue weighted by molar-refractivity contribution is 7.80. The number of carbonyl (C=O) groups is 1. The normalized spacial score (nSPS) is 13.3. The zero-order chi connectivity index (χ0) is 27.6. The van der Waals surface area contributed by atoms with Gasteiger partial charge in [0.15, 0.2) is 10.7 Å². The van der Waals surface area contributed by atoms with Crippen molar-refractivity contribution in [2.45, 2.75) is 0 Å². The monoisotopic (exact) mass is 553 g/mol. The van der Waals surface area contributed by atoms with Gasteiger partial charge < -0.3 is 19.4 Å². The molecule has 200 valence electrons. The largest absolute Gasteiger partial charge is 0.436 e. The van der Waals surface area contributed by atoms with E-state index in [-0.39, 0.29) is 16.4 Å². The molecule has 40 heavy (non-hydrogen) atoms. The summed E-state index contributed by atoms with van der Waals surface area (Å²) in [7, 11) is 0. The summed E-state index contributed by atoms with van der Waals surface area (Å²) < 4.78 is 11.4. The zero-order valence-corrected chi connectivity index (χ0v) is 21.9. The van der Waals surface area contributed by atoms with Crippen LogP contribution >= 0.6 is 12.2 Å². The molecule has 0 atom stereocenters. The second-order valence-electron chi connectivity index (χ2n) is 9.20. The molecule has 2 N–H and O–H groups in total.